The Morgan fingerprint density at radius 2 is 1.46 bits per heavy atom. The molecule has 3 aromatic carbocycles. The van der Waals surface area contributed by atoms with E-state index in [-0.39, 0.29) is 24.4 Å². The summed E-state index contributed by atoms with van der Waals surface area (Å²) < 4.78 is 17.9. The first-order valence-corrected chi connectivity index (χ1v) is 14.3. The second-order valence-electron chi connectivity index (χ2n) is 10.1. The number of rotatable bonds is 12. The Balaban J connectivity index is 1.91. The van der Waals surface area contributed by atoms with E-state index in [1.54, 1.807) is 7.11 Å². The van der Waals surface area contributed by atoms with Crippen LogP contribution in [-0.4, -0.2) is 40.5 Å². The molecule has 0 heterocycles. The molecule has 3 aromatic rings. The van der Waals surface area contributed by atoms with Crippen LogP contribution in [0.1, 0.15) is 50.7 Å². The molecule has 0 aliphatic rings. The molecular weight excluding hydrogens is 452 g/mol. The quantitative estimate of drug-likeness (QED) is 0.271. The van der Waals surface area contributed by atoms with Gasteiger partial charge in [-0.15, -0.1) is 0 Å². The molecule has 0 aromatic heterocycles. The summed E-state index contributed by atoms with van der Waals surface area (Å²) in [5.41, 5.74) is 2.22. The number of methoxy groups -OCH3 is 1. The maximum absolute atomic E-state index is 9.82. The Morgan fingerprint density at radius 1 is 0.857 bits per heavy atom. The van der Waals surface area contributed by atoms with Gasteiger partial charge in [-0.05, 0) is 58.3 Å². The van der Waals surface area contributed by atoms with Crippen molar-refractivity contribution in [3.8, 4) is 5.75 Å². The molecule has 0 aliphatic heterocycles. The highest BCUT2D eigenvalue weighted by molar-refractivity contribution is 6.99. The minimum atomic E-state index is -2.58. The number of ether oxygens (including phenoxy) is 2. The minimum absolute atomic E-state index is 0.0623. The number of aliphatic hydroxyl groups excluding tert-OH is 1. The number of benzene rings is 3. The average Bonchev–Trinajstić information content (AvgIpc) is 2.86. The minimum Gasteiger partial charge on any atom is -0.467 e. The van der Waals surface area contributed by atoms with Crippen molar-refractivity contribution >= 4 is 18.7 Å². The van der Waals surface area contributed by atoms with Crippen molar-refractivity contribution in [1.82, 2.24) is 0 Å². The Morgan fingerprint density at radius 3 is 1.97 bits per heavy atom. The molecule has 0 radical (unpaired) electrons. The number of hydrogen-bond acceptors (Lipinski definition) is 4. The molecule has 1 atom stereocenters. The standard InChI is InChI=1S/C30H40O4Si/c1-24-16-17-26(22-29(24)33-23-32-5)25(18-20-31)19-21-34-35(30(2,3)4,27-12-8-6-9-13-27)28-14-10-7-11-15-28/h6-17,22,25,31H,18-21,23H2,1-5H3/t25-/m0/s1. The Kier molecular flexibility index (Phi) is 9.69. The molecule has 0 saturated heterocycles. The average molecular weight is 493 g/mol. The van der Waals surface area contributed by atoms with E-state index >= 15 is 0 Å². The molecule has 0 saturated carbocycles. The van der Waals surface area contributed by atoms with E-state index in [1.165, 1.54) is 10.4 Å². The topological polar surface area (TPSA) is 47.9 Å². The Hall–Kier alpha value is -2.44. The van der Waals surface area contributed by atoms with Gasteiger partial charge in [-0.1, -0.05) is 93.6 Å². The normalized spacial score (nSPS) is 13.0. The third kappa shape index (κ3) is 6.41. The highest BCUT2D eigenvalue weighted by Crippen LogP contribution is 2.37. The van der Waals surface area contributed by atoms with E-state index in [0.29, 0.717) is 13.0 Å². The van der Waals surface area contributed by atoms with Crippen LogP contribution in [-0.2, 0) is 9.16 Å². The van der Waals surface area contributed by atoms with E-state index in [2.05, 4.69) is 99.6 Å². The van der Waals surface area contributed by atoms with Gasteiger partial charge in [0, 0.05) is 20.3 Å². The summed E-state index contributed by atoms with van der Waals surface area (Å²) in [6, 6.07) is 27.7. The monoisotopic (exact) mass is 492 g/mol. The molecule has 0 fully saturated rings. The van der Waals surface area contributed by atoms with Crippen LogP contribution in [0.15, 0.2) is 78.9 Å². The molecular formula is C30H40O4Si. The van der Waals surface area contributed by atoms with E-state index in [0.717, 1.165) is 23.3 Å². The van der Waals surface area contributed by atoms with Crippen molar-refractivity contribution in [2.45, 2.75) is 51.5 Å². The van der Waals surface area contributed by atoms with Gasteiger partial charge in [0.25, 0.3) is 8.32 Å². The van der Waals surface area contributed by atoms with Crippen LogP contribution in [0.4, 0.5) is 0 Å². The molecule has 0 spiro atoms. The predicted octanol–water partition coefficient (Wildman–Crippen LogP) is 5.41. The molecule has 0 bridgehead atoms. The second kappa shape index (κ2) is 12.5. The number of aryl methyl sites for hydroxylation is 1. The van der Waals surface area contributed by atoms with Gasteiger partial charge in [-0.2, -0.15) is 0 Å². The van der Waals surface area contributed by atoms with Crippen molar-refractivity contribution in [1.29, 1.82) is 0 Å². The molecule has 0 amide bonds. The zero-order valence-corrected chi connectivity index (χ0v) is 22.8. The molecule has 0 unspecified atom stereocenters. The van der Waals surface area contributed by atoms with Gasteiger partial charge in [0.1, 0.15) is 5.75 Å². The predicted molar refractivity (Wildman–Crippen MR) is 146 cm³/mol. The Bertz CT molecular complexity index is 992. The van der Waals surface area contributed by atoms with Crippen LogP contribution in [0, 0.1) is 6.92 Å². The van der Waals surface area contributed by atoms with Gasteiger partial charge in [0.15, 0.2) is 6.79 Å². The first-order chi connectivity index (χ1) is 16.8. The fraction of sp³-hybridized carbons (Fsp3) is 0.400. The summed E-state index contributed by atoms with van der Waals surface area (Å²) in [6.07, 6.45) is 1.49. The van der Waals surface area contributed by atoms with Crippen LogP contribution in [0.2, 0.25) is 5.04 Å². The number of hydrogen-bond donors (Lipinski definition) is 1. The summed E-state index contributed by atoms with van der Waals surface area (Å²) in [5, 5.41) is 12.3. The summed E-state index contributed by atoms with van der Waals surface area (Å²) in [5.74, 6) is 0.990. The Labute approximate surface area is 212 Å². The highest BCUT2D eigenvalue weighted by atomic mass is 28.4. The van der Waals surface area contributed by atoms with E-state index in [9.17, 15) is 5.11 Å². The molecule has 3 rings (SSSR count). The zero-order valence-electron chi connectivity index (χ0n) is 21.8. The maximum Gasteiger partial charge on any atom is 0.261 e. The summed E-state index contributed by atoms with van der Waals surface area (Å²) >= 11 is 0. The van der Waals surface area contributed by atoms with Gasteiger partial charge in [0.2, 0.25) is 0 Å². The van der Waals surface area contributed by atoms with Crippen molar-refractivity contribution in [2.75, 3.05) is 27.1 Å². The summed E-state index contributed by atoms with van der Waals surface area (Å²) in [7, 11) is -0.960. The smallest absolute Gasteiger partial charge is 0.261 e. The first-order valence-electron chi connectivity index (χ1n) is 12.4. The van der Waals surface area contributed by atoms with Crippen molar-refractivity contribution in [3.05, 3.63) is 90.0 Å². The second-order valence-corrected chi connectivity index (χ2v) is 14.4. The lowest BCUT2D eigenvalue weighted by atomic mass is 9.92. The van der Waals surface area contributed by atoms with Crippen LogP contribution in [0.5, 0.6) is 5.75 Å². The van der Waals surface area contributed by atoms with Gasteiger partial charge < -0.3 is 19.0 Å². The van der Waals surface area contributed by atoms with E-state index in [4.69, 9.17) is 13.9 Å². The maximum atomic E-state index is 9.82. The fourth-order valence-corrected chi connectivity index (χ4v) is 9.48. The van der Waals surface area contributed by atoms with Crippen LogP contribution < -0.4 is 15.1 Å². The highest BCUT2D eigenvalue weighted by Gasteiger charge is 2.50. The van der Waals surface area contributed by atoms with E-state index in [1.807, 2.05) is 6.92 Å². The number of aliphatic hydroxyl groups is 1. The summed E-state index contributed by atoms with van der Waals surface area (Å²) in [6.45, 7) is 9.87. The van der Waals surface area contributed by atoms with Gasteiger partial charge in [-0.3, -0.25) is 0 Å². The third-order valence-corrected chi connectivity index (χ3v) is 11.7. The molecule has 0 aliphatic carbocycles. The van der Waals surface area contributed by atoms with Crippen LogP contribution >= 0.6 is 0 Å². The third-order valence-electron chi connectivity index (χ3n) is 6.70. The molecule has 4 nitrogen and oxygen atoms in total. The first kappa shape index (κ1) is 27.1. The van der Waals surface area contributed by atoms with Gasteiger partial charge in [0.05, 0.1) is 0 Å². The molecule has 35 heavy (non-hydrogen) atoms. The van der Waals surface area contributed by atoms with Crippen LogP contribution in [0.25, 0.3) is 0 Å². The lowest BCUT2D eigenvalue weighted by molar-refractivity contribution is 0.0505. The van der Waals surface area contributed by atoms with E-state index < -0.39 is 8.32 Å². The molecule has 1 N–H and O–H groups in total. The van der Waals surface area contributed by atoms with Crippen LogP contribution in [0.3, 0.4) is 0 Å². The van der Waals surface area contributed by atoms with Crippen molar-refractivity contribution in [2.24, 2.45) is 0 Å². The lowest BCUT2D eigenvalue weighted by Gasteiger charge is -2.43. The largest absolute Gasteiger partial charge is 0.467 e. The molecule has 5 heteroatoms. The van der Waals surface area contributed by atoms with Crippen molar-refractivity contribution < 1.29 is 19.0 Å². The van der Waals surface area contributed by atoms with Gasteiger partial charge in [-0.25, -0.2) is 0 Å². The SMILES string of the molecule is COCOc1cc([C@@H](CCO)CCO[Si](c2ccccc2)(c2ccccc2)C(C)(C)C)ccc1C. The van der Waals surface area contributed by atoms with Gasteiger partial charge >= 0.3 is 0 Å². The zero-order chi connectivity index (χ0) is 25.3. The fourth-order valence-electron chi connectivity index (χ4n) is 4.90. The molecule has 188 valence electrons. The van der Waals surface area contributed by atoms with Crippen molar-refractivity contribution in [3.63, 3.8) is 0 Å². The lowest BCUT2D eigenvalue weighted by Crippen LogP contribution is -2.66. The summed E-state index contributed by atoms with van der Waals surface area (Å²) in [4.78, 5) is 0.